The summed E-state index contributed by atoms with van der Waals surface area (Å²) in [4.78, 5) is 25.2. The van der Waals surface area contributed by atoms with E-state index in [4.69, 9.17) is 0 Å². The molecule has 2 amide bonds. The number of rotatable bonds is 6. The fraction of sp³-hybridized carbons (Fsp3) is 0.167. The van der Waals surface area contributed by atoms with Gasteiger partial charge in [0.1, 0.15) is 0 Å². The molecule has 0 bridgehead atoms. The second-order valence-corrected chi connectivity index (χ2v) is 6.79. The van der Waals surface area contributed by atoms with E-state index in [-0.39, 0.29) is 11.8 Å². The van der Waals surface area contributed by atoms with Crippen LogP contribution in [0.5, 0.6) is 0 Å². The van der Waals surface area contributed by atoms with Crippen LogP contribution in [-0.4, -0.2) is 18.4 Å². The molecule has 2 N–H and O–H groups in total. The maximum Gasteiger partial charge on any atom is 0.255 e. The minimum absolute atomic E-state index is 0.202. The molecule has 0 aliphatic rings. The molecule has 4 heteroatoms. The van der Waals surface area contributed by atoms with Crippen LogP contribution in [0.3, 0.4) is 0 Å². The molecular weight excluding hydrogens is 348 g/mol. The van der Waals surface area contributed by atoms with Gasteiger partial charge in [-0.3, -0.25) is 9.59 Å². The van der Waals surface area contributed by atoms with E-state index in [0.717, 1.165) is 17.5 Å². The van der Waals surface area contributed by atoms with Crippen LogP contribution < -0.4 is 10.6 Å². The lowest BCUT2D eigenvalue weighted by Gasteiger charge is -2.12. The molecular formula is C24H24N2O2. The molecule has 3 rings (SSSR count). The quantitative estimate of drug-likeness (QED) is 0.668. The van der Waals surface area contributed by atoms with Gasteiger partial charge >= 0.3 is 0 Å². The molecule has 0 saturated heterocycles. The Hall–Kier alpha value is -3.40. The minimum Gasteiger partial charge on any atom is -0.352 e. The minimum atomic E-state index is -0.229. The van der Waals surface area contributed by atoms with E-state index in [2.05, 4.69) is 10.6 Å². The van der Waals surface area contributed by atoms with Gasteiger partial charge in [0.15, 0.2) is 0 Å². The van der Waals surface area contributed by atoms with Crippen molar-refractivity contribution in [3.05, 3.63) is 101 Å². The van der Waals surface area contributed by atoms with E-state index in [1.807, 2.05) is 56.3 Å². The molecule has 4 nitrogen and oxygen atoms in total. The third-order valence-corrected chi connectivity index (χ3v) is 4.73. The summed E-state index contributed by atoms with van der Waals surface area (Å²) < 4.78 is 0. The number of benzene rings is 3. The van der Waals surface area contributed by atoms with Gasteiger partial charge in [-0.1, -0.05) is 48.5 Å². The van der Waals surface area contributed by atoms with Crippen LogP contribution in [0.2, 0.25) is 0 Å². The highest BCUT2D eigenvalue weighted by Gasteiger charge is 2.14. The number of para-hydroxylation sites is 1. The van der Waals surface area contributed by atoms with Crippen molar-refractivity contribution in [2.75, 3.05) is 11.9 Å². The smallest absolute Gasteiger partial charge is 0.255 e. The molecule has 3 aromatic carbocycles. The van der Waals surface area contributed by atoms with E-state index in [9.17, 15) is 9.59 Å². The van der Waals surface area contributed by atoms with Gasteiger partial charge in [0.2, 0.25) is 0 Å². The predicted molar refractivity (Wildman–Crippen MR) is 113 cm³/mol. The van der Waals surface area contributed by atoms with Crippen molar-refractivity contribution in [1.82, 2.24) is 5.32 Å². The number of carbonyl (C=O) groups excluding carboxylic acids is 2. The van der Waals surface area contributed by atoms with Gasteiger partial charge in [0.05, 0.1) is 11.3 Å². The standard InChI is InChI=1S/C24H24N2O2/c1-17-12-13-20(16-18(17)2)23(27)26-22-11-7-6-10-21(22)24(28)25-15-14-19-8-4-3-5-9-19/h3-13,16H,14-15H2,1-2H3,(H,25,28)(H,26,27). The molecule has 28 heavy (non-hydrogen) atoms. The molecule has 0 heterocycles. The Bertz CT molecular complexity index is 981. The summed E-state index contributed by atoms with van der Waals surface area (Å²) in [5, 5.41) is 5.79. The molecule has 0 radical (unpaired) electrons. The first-order valence-corrected chi connectivity index (χ1v) is 9.34. The number of hydrogen-bond donors (Lipinski definition) is 2. The monoisotopic (exact) mass is 372 g/mol. The van der Waals surface area contributed by atoms with Gasteiger partial charge in [-0.05, 0) is 61.2 Å². The summed E-state index contributed by atoms with van der Waals surface area (Å²) in [5.41, 5.74) is 4.88. The zero-order valence-electron chi connectivity index (χ0n) is 16.2. The summed E-state index contributed by atoms with van der Waals surface area (Å²) in [7, 11) is 0. The number of anilines is 1. The fourth-order valence-electron chi connectivity index (χ4n) is 2.93. The number of nitrogens with one attached hydrogen (secondary N) is 2. The Kier molecular flexibility index (Phi) is 6.22. The van der Waals surface area contributed by atoms with Gasteiger partial charge in [-0.15, -0.1) is 0 Å². The van der Waals surface area contributed by atoms with Crippen molar-refractivity contribution >= 4 is 17.5 Å². The number of hydrogen-bond acceptors (Lipinski definition) is 2. The molecule has 0 aliphatic heterocycles. The lowest BCUT2D eigenvalue weighted by molar-refractivity contribution is 0.0955. The first-order chi connectivity index (χ1) is 13.5. The molecule has 0 atom stereocenters. The van der Waals surface area contributed by atoms with Crippen LogP contribution in [0.25, 0.3) is 0 Å². The van der Waals surface area contributed by atoms with Crippen LogP contribution in [-0.2, 0) is 6.42 Å². The van der Waals surface area contributed by atoms with Gasteiger partial charge in [-0.25, -0.2) is 0 Å². The average molecular weight is 372 g/mol. The number of amides is 2. The molecule has 3 aromatic rings. The van der Waals surface area contributed by atoms with Crippen LogP contribution in [0.1, 0.15) is 37.4 Å². The Labute approximate surface area is 165 Å². The van der Waals surface area contributed by atoms with E-state index in [1.165, 1.54) is 5.56 Å². The largest absolute Gasteiger partial charge is 0.352 e. The zero-order valence-corrected chi connectivity index (χ0v) is 16.2. The Morgan fingerprint density at radius 2 is 1.50 bits per heavy atom. The van der Waals surface area contributed by atoms with Gasteiger partial charge in [0, 0.05) is 12.1 Å². The maximum atomic E-state index is 12.6. The molecule has 0 aromatic heterocycles. The predicted octanol–water partition coefficient (Wildman–Crippen LogP) is 4.53. The summed E-state index contributed by atoms with van der Waals surface area (Å²) in [6.45, 7) is 4.51. The first kappa shape index (κ1) is 19.4. The summed E-state index contributed by atoms with van der Waals surface area (Å²) in [5.74, 6) is -0.431. The Morgan fingerprint density at radius 3 is 2.25 bits per heavy atom. The summed E-state index contributed by atoms with van der Waals surface area (Å²) in [6, 6.07) is 22.6. The van der Waals surface area contributed by atoms with Crippen LogP contribution in [0.4, 0.5) is 5.69 Å². The van der Waals surface area contributed by atoms with Gasteiger partial charge in [0.25, 0.3) is 11.8 Å². The third-order valence-electron chi connectivity index (χ3n) is 4.73. The zero-order chi connectivity index (χ0) is 19.9. The molecule has 0 fully saturated rings. The van der Waals surface area contributed by atoms with Crippen LogP contribution in [0.15, 0.2) is 72.8 Å². The van der Waals surface area contributed by atoms with Crippen LogP contribution in [0, 0.1) is 13.8 Å². The second-order valence-electron chi connectivity index (χ2n) is 6.79. The summed E-state index contributed by atoms with van der Waals surface area (Å²) in [6.07, 6.45) is 0.754. The molecule has 142 valence electrons. The fourth-order valence-corrected chi connectivity index (χ4v) is 2.93. The normalized spacial score (nSPS) is 10.4. The maximum absolute atomic E-state index is 12.6. The second kappa shape index (κ2) is 9.00. The summed E-state index contributed by atoms with van der Waals surface area (Å²) >= 11 is 0. The van der Waals surface area contributed by atoms with E-state index >= 15 is 0 Å². The average Bonchev–Trinajstić information content (AvgIpc) is 2.71. The SMILES string of the molecule is Cc1ccc(C(=O)Nc2ccccc2C(=O)NCCc2ccccc2)cc1C. The molecule has 0 unspecified atom stereocenters. The van der Waals surface area contributed by atoms with E-state index in [0.29, 0.717) is 23.4 Å². The third kappa shape index (κ3) is 4.86. The van der Waals surface area contributed by atoms with Gasteiger partial charge < -0.3 is 10.6 Å². The van der Waals surface area contributed by atoms with Crippen LogP contribution >= 0.6 is 0 Å². The number of aryl methyl sites for hydroxylation is 2. The van der Waals surface area contributed by atoms with E-state index in [1.54, 1.807) is 30.3 Å². The molecule has 0 aliphatic carbocycles. The highest BCUT2D eigenvalue weighted by atomic mass is 16.2. The highest BCUT2D eigenvalue weighted by Crippen LogP contribution is 2.17. The topological polar surface area (TPSA) is 58.2 Å². The lowest BCUT2D eigenvalue weighted by atomic mass is 10.1. The van der Waals surface area contributed by atoms with E-state index < -0.39 is 0 Å². The van der Waals surface area contributed by atoms with Crippen molar-refractivity contribution in [2.24, 2.45) is 0 Å². The highest BCUT2D eigenvalue weighted by molar-refractivity contribution is 6.09. The Balaban J connectivity index is 1.67. The Morgan fingerprint density at radius 1 is 0.786 bits per heavy atom. The van der Waals surface area contributed by atoms with Crippen molar-refractivity contribution in [2.45, 2.75) is 20.3 Å². The van der Waals surface area contributed by atoms with Crippen molar-refractivity contribution in [1.29, 1.82) is 0 Å². The molecule has 0 saturated carbocycles. The van der Waals surface area contributed by atoms with Gasteiger partial charge in [-0.2, -0.15) is 0 Å². The molecule has 0 spiro atoms. The van der Waals surface area contributed by atoms with Crippen molar-refractivity contribution < 1.29 is 9.59 Å². The van der Waals surface area contributed by atoms with Crippen molar-refractivity contribution in [3.63, 3.8) is 0 Å². The lowest BCUT2D eigenvalue weighted by Crippen LogP contribution is -2.27. The first-order valence-electron chi connectivity index (χ1n) is 9.34. The van der Waals surface area contributed by atoms with Crippen molar-refractivity contribution in [3.8, 4) is 0 Å². The number of carbonyl (C=O) groups is 2.